The Morgan fingerprint density at radius 2 is 1.72 bits per heavy atom. The van der Waals surface area contributed by atoms with Crippen molar-refractivity contribution in [2.24, 2.45) is 5.92 Å². The van der Waals surface area contributed by atoms with Crippen LogP contribution in [0, 0.1) is 17.2 Å². The number of nitriles is 1. The van der Waals surface area contributed by atoms with Crippen LogP contribution in [0.25, 0.3) is 0 Å². The second-order valence-corrected chi connectivity index (χ2v) is 4.77. The fourth-order valence-corrected chi connectivity index (χ4v) is 2.40. The van der Waals surface area contributed by atoms with Gasteiger partial charge < -0.3 is 25.7 Å². The minimum Gasteiger partial charge on any atom is -0.396 e. The summed E-state index contributed by atoms with van der Waals surface area (Å²) in [6.07, 6.45) is -0.202. The minimum absolute atomic E-state index is 0.276. The number of rotatable bonds is 7. The molecule has 0 amide bonds. The molecule has 18 heavy (non-hydrogen) atoms. The van der Waals surface area contributed by atoms with Crippen molar-refractivity contribution in [1.82, 2.24) is 5.32 Å². The molecule has 0 aromatic heterocycles. The van der Waals surface area contributed by atoms with Crippen LogP contribution in [-0.2, 0) is 0 Å². The smallest absolute Gasteiger partial charge is 0.108 e. The fraction of sp³-hybridized carbons (Fsp3) is 0.917. The maximum atomic E-state index is 9.74. The number of nitrogens with zero attached hydrogens (tertiary/aromatic N) is 1. The molecule has 1 aliphatic rings. The van der Waals surface area contributed by atoms with E-state index in [-0.39, 0.29) is 6.61 Å². The Bertz CT molecular complexity index is 282. The van der Waals surface area contributed by atoms with E-state index in [4.69, 9.17) is 10.4 Å². The summed E-state index contributed by atoms with van der Waals surface area (Å²) in [6, 6.07) is 1.59. The summed E-state index contributed by atoms with van der Waals surface area (Å²) in [5.41, 5.74) is 0. The van der Waals surface area contributed by atoms with E-state index in [1.54, 1.807) is 0 Å². The van der Waals surface area contributed by atoms with Crippen LogP contribution in [0.3, 0.4) is 0 Å². The highest BCUT2D eigenvalue weighted by Crippen LogP contribution is 2.27. The van der Waals surface area contributed by atoms with Gasteiger partial charge in [-0.2, -0.15) is 5.26 Å². The van der Waals surface area contributed by atoms with Crippen molar-refractivity contribution in [3.05, 3.63) is 0 Å². The average molecular weight is 258 g/mol. The van der Waals surface area contributed by atoms with E-state index in [0.29, 0.717) is 13.0 Å². The van der Waals surface area contributed by atoms with E-state index in [9.17, 15) is 15.3 Å². The van der Waals surface area contributed by atoms with Gasteiger partial charge in [0, 0.05) is 18.4 Å². The Morgan fingerprint density at radius 3 is 2.33 bits per heavy atom. The third-order valence-corrected chi connectivity index (χ3v) is 3.52. The predicted molar refractivity (Wildman–Crippen MR) is 64.5 cm³/mol. The zero-order chi connectivity index (χ0) is 13.5. The molecule has 6 nitrogen and oxygen atoms in total. The Labute approximate surface area is 107 Å². The number of nitrogens with one attached hydrogen (secondary N) is 1. The van der Waals surface area contributed by atoms with E-state index < -0.39 is 30.3 Å². The second-order valence-electron chi connectivity index (χ2n) is 4.77. The summed E-state index contributed by atoms with van der Waals surface area (Å²) in [4.78, 5) is 0. The van der Waals surface area contributed by atoms with Gasteiger partial charge in [0.15, 0.2) is 0 Å². The molecular formula is C12H22N2O4. The molecule has 104 valence electrons. The summed E-state index contributed by atoms with van der Waals surface area (Å²) in [7, 11) is 0. The molecule has 1 saturated carbocycles. The predicted octanol–water partition coefficient (Wildman–Crippen LogP) is -1.27. The standard InChI is InChI=1S/C12H22N2O4/c13-5-3-1-2-4-6-14-9-8(7-15)10(16)12(18)11(9)17/h8-12,14-18H,1-4,6-7H2/t8-,9+,10-,11-,12-/m0/s1. The lowest BCUT2D eigenvalue weighted by atomic mass is 10.0. The van der Waals surface area contributed by atoms with Crippen LogP contribution in [0.15, 0.2) is 0 Å². The highest BCUT2D eigenvalue weighted by Gasteiger charge is 2.47. The van der Waals surface area contributed by atoms with Gasteiger partial charge in [0.2, 0.25) is 0 Å². The summed E-state index contributed by atoms with van der Waals surface area (Å²) in [5, 5.41) is 49.5. The van der Waals surface area contributed by atoms with Crippen molar-refractivity contribution in [3.8, 4) is 6.07 Å². The lowest BCUT2D eigenvalue weighted by molar-refractivity contribution is -0.0311. The number of hydrogen-bond donors (Lipinski definition) is 5. The van der Waals surface area contributed by atoms with Crippen molar-refractivity contribution >= 4 is 0 Å². The van der Waals surface area contributed by atoms with Gasteiger partial charge in [0.05, 0.1) is 24.9 Å². The van der Waals surface area contributed by atoms with Crippen LogP contribution in [0.5, 0.6) is 0 Å². The number of aliphatic hydroxyl groups is 4. The third-order valence-electron chi connectivity index (χ3n) is 3.52. The van der Waals surface area contributed by atoms with Gasteiger partial charge in [-0.3, -0.25) is 0 Å². The SMILES string of the molecule is N#CCCCCCN[C@H]1[C@H](O)[C@@H](O)[C@@H](O)[C@H]1CO. The van der Waals surface area contributed by atoms with Crippen molar-refractivity contribution in [2.75, 3.05) is 13.2 Å². The van der Waals surface area contributed by atoms with Crippen molar-refractivity contribution < 1.29 is 20.4 Å². The minimum atomic E-state index is -1.21. The highest BCUT2D eigenvalue weighted by atomic mass is 16.4. The summed E-state index contributed by atoms with van der Waals surface area (Å²) >= 11 is 0. The first-order valence-corrected chi connectivity index (χ1v) is 6.39. The lowest BCUT2D eigenvalue weighted by Crippen LogP contribution is -2.44. The van der Waals surface area contributed by atoms with Crippen LogP contribution < -0.4 is 5.32 Å². The first-order chi connectivity index (χ1) is 8.63. The fourth-order valence-electron chi connectivity index (χ4n) is 2.40. The zero-order valence-electron chi connectivity index (χ0n) is 10.4. The third kappa shape index (κ3) is 3.64. The van der Waals surface area contributed by atoms with Crippen molar-refractivity contribution in [1.29, 1.82) is 5.26 Å². The molecule has 5 atom stereocenters. The van der Waals surface area contributed by atoms with E-state index in [1.807, 2.05) is 0 Å². The molecule has 0 radical (unpaired) electrons. The van der Waals surface area contributed by atoms with Crippen LogP contribution >= 0.6 is 0 Å². The monoisotopic (exact) mass is 258 g/mol. The van der Waals surface area contributed by atoms with E-state index in [1.165, 1.54) is 0 Å². The van der Waals surface area contributed by atoms with E-state index in [2.05, 4.69) is 11.4 Å². The van der Waals surface area contributed by atoms with Gasteiger partial charge in [-0.1, -0.05) is 6.42 Å². The van der Waals surface area contributed by atoms with E-state index >= 15 is 0 Å². The molecule has 1 rings (SSSR count). The van der Waals surface area contributed by atoms with Crippen molar-refractivity contribution in [2.45, 2.75) is 50.0 Å². The van der Waals surface area contributed by atoms with Gasteiger partial charge in [-0.05, 0) is 19.4 Å². The number of aliphatic hydroxyl groups excluding tert-OH is 4. The first kappa shape index (κ1) is 15.3. The maximum Gasteiger partial charge on any atom is 0.108 e. The lowest BCUT2D eigenvalue weighted by Gasteiger charge is -2.22. The number of hydrogen-bond acceptors (Lipinski definition) is 6. The molecule has 0 heterocycles. The van der Waals surface area contributed by atoms with Crippen molar-refractivity contribution in [3.63, 3.8) is 0 Å². The summed E-state index contributed by atoms with van der Waals surface area (Å²) < 4.78 is 0. The second kappa shape index (κ2) is 7.67. The van der Waals surface area contributed by atoms with Crippen LogP contribution in [0.4, 0.5) is 0 Å². The van der Waals surface area contributed by atoms with Gasteiger partial charge in [0.1, 0.15) is 6.10 Å². The normalized spacial score (nSPS) is 35.6. The molecule has 0 unspecified atom stereocenters. The molecule has 6 heteroatoms. The van der Waals surface area contributed by atoms with Crippen LogP contribution in [0.1, 0.15) is 25.7 Å². The van der Waals surface area contributed by atoms with Crippen LogP contribution in [-0.4, -0.2) is 57.9 Å². The van der Waals surface area contributed by atoms with Gasteiger partial charge in [-0.25, -0.2) is 0 Å². The Balaban J connectivity index is 2.30. The number of unbranched alkanes of at least 4 members (excludes halogenated alkanes) is 3. The quantitative estimate of drug-likeness (QED) is 0.364. The molecule has 0 aromatic rings. The molecule has 0 bridgehead atoms. The molecule has 1 fully saturated rings. The summed E-state index contributed by atoms with van der Waals surface area (Å²) in [5.74, 6) is -0.547. The average Bonchev–Trinajstić information content (AvgIpc) is 2.58. The largest absolute Gasteiger partial charge is 0.396 e. The molecule has 0 aliphatic heterocycles. The molecule has 1 aliphatic carbocycles. The molecule has 0 saturated heterocycles. The molecular weight excluding hydrogens is 236 g/mol. The summed E-state index contributed by atoms with van der Waals surface area (Å²) in [6.45, 7) is 0.352. The first-order valence-electron chi connectivity index (χ1n) is 6.39. The Kier molecular flexibility index (Phi) is 6.54. The molecule has 0 aromatic carbocycles. The maximum absolute atomic E-state index is 9.74. The van der Waals surface area contributed by atoms with Gasteiger partial charge >= 0.3 is 0 Å². The molecule has 5 N–H and O–H groups in total. The van der Waals surface area contributed by atoms with Gasteiger partial charge in [0.25, 0.3) is 0 Å². The topological polar surface area (TPSA) is 117 Å². The Morgan fingerprint density at radius 1 is 1.00 bits per heavy atom. The Hall–Kier alpha value is -0.710. The highest BCUT2D eigenvalue weighted by molar-refractivity contribution is 5.01. The van der Waals surface area contributed by atoms with Crippen LogP contribution in [0.2, 0.25) is 0 Å². The van der Waals surface area contributed by atoms with Gasteiger partial charge in [-0.15, -0.1) is 0 Å². The van der Waals surface area contributed by atoms with E-state index in [0.717, 1.165) is 19.3 Å². The zero-order valence-corrected chi connectivity index (χ0v) is 10.4. The molecule has 0 spiro atoms.